The Morgan fingerprint density at radius 3 is 2.39 bits per heavy atom. The van der Waals surface area contributed by atoms with Crippen LogP contribution >= 0.6 is 11.3 Å². The first-order valence-corrected chi connectivity index (χ1v) is 9.61. The smallest absolute Gasteiger partial charge is 0.269 e. The van der Waals surface area contributed by atoms with E-state index in [0.29, 0.717) is 31.1 Å². The van der Waals surface area contributed by atoms with E-state index in [1.165, 1.54) is 23.5 Å². The van der Waals surface area contributed by atoms with Gasteiger partial charge in [0.25, 0.3) is 11.6 Å². The van der Waals surface area contributed by atoms with E-state index in [2.05, 4.69) is 5.32 Å². The molecule has 28 heavy (non-hydrogen) atoms. The number of nitro groups is 1. The maximum atomic E-state index is 12.7. The molecule has 0 saturated carbocycles. The van der Waals surface area contributed by atoms with Crippen LogP contribution in [0.5, 0.6) is 0 Å². The minimum atomic E-state index is -0.986. The van der Waals surface area contributed by atoms with Gasteiger partial charge in [0.1, 0.15) is 6.04 Å². The number of nitrogens with one attached hydrogen (secondary N) is 1. The number of nitrogens with zero attached hydrogens (tertiary/aromatic N) is 3. The summed E-state index contributed by atoms with van der Waals surface area (Å²) in [6.07, 6.45) is 0. The van der Waals surface area contributed by atoms with Gasteiger partial charge in [-0.05, 0) is 23.6 Å². The molecule has 2 heterocycles. The van der Waals surface area contributed by atoms with Crippen LogP contribution in [0.3, 0.4) is 0 Å². The Hall–Kier alpha value is -2.98. The number of benzene rings is 1. The number of hydrogen-bond acceptors (Lipinski definition) is 7. The summed E-state index contributed by atoms with van der Waals surface area (Å²) in [6, 6.07) is 8.69. The van der Waals surface area contributed by atoms with E-state index < -0.39 is 17.6 Å². The van der Waals surface area contributed by atoms with Gasteiger partial charge >= 0.3 is 0 Å². The molecule has 0 bridgehead atoms. The van der Waals surface area contributed by atoms with Crippen molar-refractivity contribution in [3.8, 4) is 0 Å². The number of thiophene rings is 1. The summed E-state index contributed by atoms with van der Waals surface area (Å²) < 4.78 is 0. The number of aliphatic hydroxyl groups excluding tert-OH is 1. The van der Waals surface area contributed by atoms with Crippen molar-refractivity contribution in [2.45, 2.75) is 6.04 Å². The third-order valence-corrected chi connectivity index (χ3v) is 5.42. The summed E-state index contributed by atoms with van der Waals surface area (Å²) in [6.45, 7) is 1.50. The van der Waals surface area contributed by atoms with Gasteiger partial charge in [0, 0.05) is 44.0 Å². The van der Waals surface area contributed by atoms with Crippen LogP contribution in [0.25, 0.3) is 0 Å². The summed E-state index contributed by atoms with van der Waals surface area (Å²) in [4.78, 5) is 39.2. The lowest BCUT2D eigenvalue weighted by Crippen LogP contribution is -2.56. The van der Waals surface area contributed by atoms with Gasteiger partial charge in [0.2, 0.25) is 5.91 Å². The van der Waals surface area contributed by atoms with Crippen LogP contribution in [0, 0.1) is 10.1 Å². The summed E-state index contributed by atoms with van der Waals surface area (Å²) in [5.74, 6) is -0.706. The van der Waals surface area contributed by atoms with Crippen LogP contribution in [0.1, 0.15) is 9.67 Å². The molecule has 10 heteroatoms. The van der Waals surface area contributed by atoms with Crippen molar-refractivity contribution in [1.29, 1.82) is 0 Å². The fourth-order valence-corrected chi connectivity index (χ4v) is 3.64. The Labute approximate surface area is 165 Å². The molecule has 1 aliphatic heterocycles. The highest BCUT2D eigenvalue weighted by Gasteiger charge is 2.28. The lowest BCUT2D eigenvalue weighted by Gasteiger charge is -2.37. The number of carbonyl (C=O) groups is 2. The molecule has 9 nitrogen and oxygen atoms in total. The first-order valence-electron chi connectivity index (χ1n) is 8.73. The molecule has 1 aromatic carbocycles. The summed E-state index contributed by atoms with van der Waals surface area (Å²) >= 11 is 1.26. The first-order chi connectivity index (χ1) is 13.5. The number of nitro benzene ring substituents is 1. The van der Waals surface area contributed by atoms with Gasteiger partial charge in [-0.25, -0.2) is 0 Å². The molecular weight excluding hydrogens is 384 g/mol. The fraction of sp³-hybridized carbons (Fsp3) is 0.333. The van der Waals surface area contributed by atoms with Crippen molar-refractivity contribution < 1.29 is 19.6 Å². The highest BCUT2D eigenvalue weighted by atomic mass is 32.1. The van der Waals surface area contributed by atoms with Crippen LogP contribution in [-0.2, 0) is 4.79 Å². The molecule has 1 atom stereocenters. The molecule has 1 fully saturated rings. The third-order valence-electron chi connectivity index (χ3n) is 4.55. The van der Waals surface area contributed by atoms with Crippen LogP contribution < -0.4 is 10.2 Å². The van der Waals surface area contributed by atoms with Crippen molar-refractivity contribution in [2.75, 3.05) is 37.7 Å². The Morgan fingerprint density at radius 2 is 1.86 bits per heavy atom. The molecule has 1 aliphatic rings. The van der Waals surface area contributed by atoms with Crippen LogP contribution in [0.4, 0.5) is 11.4 Å². The van der Waals surface area contributed by atoms with Gasteiger partial charge in [-0.1, -0.05) is 6.07 Å². The number of non-ortho nitro benzene ring substituents is 1. The monoisotopic (exact) mass is 404 g/mol. The number of rotatable bonds is 6. The number of carbonyl (C=O) groups excluding carboxylic acids is 2. The molecule has 148 valence electrons. The highest BCUT2D eigenvalue weighted by molar-refractivity contribution is 7.12. The molecule has 2 aromatic rings. The SMILES string of the molecule is O=C(N[C@@H](CO)C(=O)N1CCN(c2ccc([N+](=O)[O-])cc2)CC1)c1cccs1. The maximum absolute atomic E-state index is 12.7. The molecule has 0 spiro atoms. The number of amides is 2. The quantitative estimate of drug-likeness (QED) is 0.550. The predicted molar refractivity (Wildman–Crippen MR) is 105 cm³/mol. The van der Waals surface area contributed by atoms with E-state index in [1.807, 2.05) is 4.90 Å². The summed E-state index contributed by atoms with van der Waals surface area (Å²) in [5, 5.41) is 24.6. The minimum Gasteiger partial charge on any atom is -0.394 e. The lowest BCUT2D eigenvalue weighted by atomic mass is 10.2. The number of anilines is 1. The second-order valence-electron chi connectivity index (χ2n) is 6.27. The molecule has 0 aliphatic carbocycles. The third kappa shape index (κ3) is 4.46. The van der Waals surface area contributed by atoms with Gasteiger partial charge in [-0.2, -0.15) is 0 Å². The second kappa shape index (κ2) is 8.81. The summed E-state index contributed by atoms with van der Waals surface area (Å²) in [5.41, 5.74) is 0.882. The van der Waals surface area contributed by atoms with Crippen LogP contribution in [-0.4, -0.2) is 65.6 Å². The Morgan fingerprint density at radius 1 is 1.18 bits per heavy atom. The molecule has 3 rings (SSSR count). The Bertz CT molecular complexity index is 832. The van der Waals surface area contributed by atoms with E-state index >= 15 is 0 Å². The second-order valence-corrected chi connectivity index (χ2v) is 7.22. The van der Waals surface area contributed by atoms with E-state index in [0.717, 1.165) is 5.69 Å². The number of aliphatic hydroxyl groups is 1. The predicted octanol–water partition coefficient (Wildman–Crippen LogP) is 1.10. The van der Waals surface area contributed by atoms with E-state index in [-0.39, 0.29) is 17.5 Å². The zero-order valence-corrected chi connectivity index (χ0v) is 15.8. The van der Waals surface area contributed by atoms with E-state index in [1.54, 1.807) is 34.5 Å². The number of piperazine rings is 1. The maximum Gasteiger partial charge on any atom is 0.269 e. The molecule has 1 aromatic heterocycles. The Balaban J connectivity index is 1.56. The van der Waals surface area contributed by atoms with Crippen molar-refractivity contribution in [3.05, 3.63) is 56.8 Å². The molecule has 1 saturated heterocycles. The molecule has 0 radical (unpaired) electrons. The standard InChI is InChI=1S/C18H20N4O5S/c23-12-15(19-17(24)16-2-1-11-28-16)18(25)21-9-7-20(8-10-21)13-3-5-14(6-4-13)22(26)27/h1-6,11,15,23H,7-10,12H2,(H,19,24)/t15-/m0/s1. The minimum absolute atomic E-state index is 0.0323. The average molecular weight is 404 g/mol. The molecule has 2 amide bonds. The van der Waals surface area contributed by atoms with Gasteiger partial charge in [-0.15, -0.1) is 11.3 Å². The van der Waals surface area contributed by atoms with Crippen LogP contribution in [0.2, 0.25) is 0 Å². The fourth-order valence-electron chi connectivity index (χ4n) is 3.01. The highest BCUT2D eigenvalue weighted by Crippen LogP contribution is 2.21. The Kier molecular flexibility index (Phi) is 6.22. The van der Waals surface area contributed by atoms with Gasteiger partial charge < -0.3 is 20.2 Å². The topological polar surface area (TPSA) is 116 Å². The first kappa shape index (κ1) is 19.8. The van der Waals surface area contributed by atoms with Gasteiger partial charge in [0.15, 0.2) is 0 Å². The van der Waals surface area contributed by atoms with E-state index in [4.69, 9.17) is 0 Å². The number of hydrogen-bond donors (Lipinski definition) is 2. The van der Waals surface area contributed by atoms with Crippen molar-refractivity contribution in [3.63, 3.8) is 0 Å². The molecule has 2 N–H and O–H groups in total. The van der Waals surface area contributed by atoms with Gasteiger partial charge in [0.05, 0.1) is 16.4 Å². The van der Waals surface area contributed by atoms with E-state index in [9.17, 15) is 24.8 Å². The van der Waals surface area contributed by atoms with Crippen molar-refractivity contribution >= 4 is 34.5 Å². The molecule has 0 unspecified atom stereocenters. The van der Waals surface area contributed by atoms with Crippen molar-refractivity contribution in [1.82, 2.24) is 10.2 Å². The zero-order valence-electron chi connectivity index (χ0n) is 15.0. The largest absolute Gasteiger partial charge is 0.394 e. The summed E-state index contributed by atoms with van der Waals surface area (Å²) in [7, 11) is 0. The normalized spacial score (nSPS) is 15.2. The lowest BCUT2D eigenvalue weighted by molar-refractivity contribution is -0.384. The van der Waals surface area contributed by atoms with Crippen molar-refractivity contribution in [2.24, 2.45) is 0 Å². The van der Waals surface area contributed by atoms with Gasteiger partial charge in [-0.3, -0.25) is 19.7 Å². The average Bonchev–Trinajstić information content (AvgIpc) is 3.26. The molecular formula is C18H20N4O5S. The van der Waals surface area contributed by atoms with Crippen LogP contribution in [0.15, 0.2) is 41.8 Å². The zero-order chi connectivity index (χ0) is 20.1.